The molecular weight excluding hydrogens is 260 g/mol. The van der Waals surface area contributed by atoms with Gasteiger partial charge in [-0.25, -0.2) is 0 Å². The molecular formula is C18H22N2O. The second-order valence-corrected chi connectivity index (χ2v) is 5.97. The standard InChI is InChI=1S/C18H22N2O/c1-13(2)14-4-3-5-17(10-14)21-18-8-9-19-11-15(18)12-20-16-6-7-16/h3-5,8-11,13,16,20H,6-7,12H2,1-2H3. The van der Waals surface area contributed by atoms with E-state index >= 15 is 0 Å². The zero-order chi connectivity index (χ0) is 14.7. The zero-order valence-corrected chi connectivity index (χ0v) is 12.7. The van der Waals surface area contributed by atoms with E-state index in [1.165, 1.54) is 18.4 Å². The van der Waals surface area contributed by atoms with Crippen LogP contribution in [0.1, 0.15) is 43.7 Å². The van der Waals surface area contributed by atoms with E-state index in [-0.39, 0.29) is 0 Å². The van der Waals surface area contributed by atoms with E-state index in [0.717, 1.165) is 23.6 Å². The number of ether oxygens (including phenoxy) is 1. The van der Waals surface area contributed by atoms with Gasteiger partial charge in [0, 0.05) is 30.5 Å². The van der Waals surface area contributed by atoms with E-state index in [2.05, 4.69) is 36.3 Å². The molecule has 1 aromatic heterocycles. The third kappa shape index (κ3) is 3.82. The fraction of sp³-hybridized carbons (Fsp3) is 0.389. The summed E-state index contributed by atoms with van der Waals surface area (Å²) in [4.78, 5) is 4.21. The topological polar surface area (TPSA) is 34.1 Å². The number of hydrogen-bond acceptors (Lipinski definition) is 3. The van der Waals surface area contributed by atoms with Crippen LogP contribution in [0.15, 0.2) is 42.7 Å². The number of nitrogens with one attached hydrogen (secondary N) is 1. The SMILES string of the molecule is CC(C)c1cccc(Oc2ccncc2CNC2CC2)c1. The smallest absolute Gasteiger partial charge is 0.134 e. The molecule has 3 nitrogen and oxygen atoms in total. The first kappa shape index (κ1) is 14.1. The van der Waals surface area contributed by atoms with Gasteiger partial charge < -0.3 is 10.1 Å². The van der Waals surface area contributed by atoms with Gasteiger partial charge >= 0.3 is 0 Å². The first-order chi connectivity index (χ1) is 10.2. The highest BCUT2D eigenvalue weighted by Gasteiger charge is 2.20. The first-order valence-corrected chi connectivity index (χ1v) is 7.66. The van der Waals surface area contributed by atoms with Crippen molar-refractivity contribution in [1.29, 1.82) is 0 Å². The Labute approximate surface area is 126 Å². The molecule has 1 fully saturated rings. The highest BCUT2D eigenvalue weighted by atomic mass is 16.5. The van der Waals surface area contributed by atoms with Crippen molar-refractivity contribution in [3.05, 3.63) is 53.9 Å². The molecule has 3 rings (SSSR count). The number of rotatable bonds is 6. The second-order valence-electron chi connectivity index (χ2n) is 5.97. The zero-order valence-electron chi connectivity index (χ0n) is 12.7. The molecule has 1 heterocycles. The third-order valence-corrected chi connectivity index (χ3v) is 3.77. The van der Waals surface area contributed by atoms with E-state index in [1.807, 2.05) is 24.4 Å². The number of pyridine rings is 1. The minimum absolute atomic E-state index is 0.502. The van der Waals surface area contributed by atoms with Crippen molar-refractivity contribution >= 4 is 0 Å². The van der Waals surface area contributed by atoms with Gasteiger partial charge in [-0.05, 0) is 42.5 Å². The maximum absolute atomic E-state index is 6.07. The molecule has 0 spiro atoms. The van der Waals surface area contributed by atoms with Crippen LogP contribution in [0.25, 0.3) is 0 Å². The summed E-state index contributed by atoms with van der Waals surface area (Å²) in [6, 6.07) is 10.9. The highest BCUT2D eigenvalue weighted by Crippen LogP contribution is 2.28. The van der Waals surface area contributed by atoms with Crippen LogP contribution in [0.2, 0.25) is 0 Å². The third-order valence-electron chi connectivity index (χ3n) is 3.77. The van der Waals surface area contributed by atoms with Crippen molar-refractivity contribution in [1.82, 2.24) is 10.3 Å². The van der Waals surface area contributed by atoms with Crippen LogP contribution in [0.4, 0.5) is 0 Å². The predicted octanol–water partition coefficient (Wildman–Crippen LogP) is 4.25. The van der Waals surface area contributed by atoms with Gasteiger partial charge in [-0.2, -0.15) is 0 Å². The van der Waals surface area contributed by atoms with Gasteiger partial charge in [0.15, 0.2) is 0 Å². The van der Waals surface area contributed by atoms with Crippen LogP contribution in [0.5, 0.6) is 11.5 Å². The molecule has 1 aromatic carbocycles. The molecule has 1 saturated carbocycles. The highest BCUT2D eigenvalue weighted by molar-refractivity contribution is 5.38. The van der Waals surface area contributed by atoms with Crippen molar-refractivity contribution in [3.8, 4) is 11.5 Å². The van der Waals surface area contributed by atoms with E-state index in [4.69, 9.17) is 4.74 Å². The van der Waals surface area contributed by atoms with Crippen molar-refractivity contribution in [3.63, 3.8) is 0 Å². The predicted molar refractivity (Wildman–Crippen MR) is 84.7 cm³/mol. The monoisotopic (exact) mass is 282 g/mol. The Hall–Kier alpha value is -1.87. The average Bonchev–Trinajstić information content (AvgIpc) is 3.31. The lowest BCUT2D eigenvalue weighted by Crippen LogP contribution is -2.15. The molecule has 0 saturated heterocycles. The number of benzene rings is 1. The van der Waals surface area contributed by atoms with Crippen LogP contribution in [0, 0.1) is 0 Å². The Morgan fingerprint density at radius 1 is 1.29 bits per heavy atom. The molecule has 0 amide bonds. The molecule has 1 aliphatic rings. The van der Waals surface area contributed by atoms with Crippen molar-refractivity contribution in [2.24, 2.45) is 0 Å². The molecule has 2 aromatic rings. The second kappa shape index (κ2) is 6.27. The minimum atomic E-state index is 0.502. The Kier molecular flexibility index (Phi) is 4.20. The maximum Gasteiger partial charge on any atom is 0.134 e. The molecule has 0 aliphatic heterocycles. The molecule has 0 unspecified atom stereocenters. The van der Waals surface area contributed by atoms with Crippen molar-refractivity contribution in [2.75, 3.05) is 0 Å². The molecule has 0 bridgehead atoms. The summed E-state index contributed by atoms with van der Waals surface area (Å²) in [7, 11) is 0. The lowest BCUT2D eigenvalue weighted by atomic mass is 10.0. The van der Waals surface area contributed by atoms with Gasteiger partial charge in [-0.3, -0.25) is 4.98 Å². The van der Waals surface area contributed by atoms with Crippen molar-refractivity contribution < 1.29 is 4.74 Å². The van der Waals surface area contributed by atoms with Crippen molar-refractivity contribution in [2.45, 2.75) is 45.2 Å². The molecule has 3 heteroatoms. The van der Waals surface area contributed by atoms with Gasteiger partial charge in [0.25, 0.3) is 0 Å². The lowest BCUT2D eigenvalue weighted by Gasteiger charge is -2.13. The van der Waals surface area contributed by atoms with Crippen LogP contribution in [0.3, 0.4) is 0 Å². The Bertz CT molecular complexity index is 606. The molecule has 21 heavy (non-hydrogen) atoms. The molecule has 0 atom stereocenters. The molecule has 1 N–H and O–H groups in total. The summed E-state index contributed by atoms with van der Waals surface area (Å²) < 4.78 is 6.07. The molecule has 110 valence electrons. The van der Waals surface area contributed by atoms with Gasteiger partial charge in [-0.15, -0.1) is 0 Å². The number of hydrogen-bond donors (Lipinski definition) is 1. The summed E-state index contributed by atoms with van der Waals surface area (Å²) in [6.07, 6.45) is 6.24. The Balaban J connectivity index is 1.75. The minimum Gasteiger partial charge on any atom is -0.457 e. The maximum atomic E-state index is 6.07. The van der Waals surface area contributed by atoms with Gasteiger partial charge in [0.2, 0.25) is 0 Å². The summed E-state index contributed by atoms with van der Waals surface area (Å²) in [5.41, 5.74) is 2.40. The van der Waals surface area contributed by atoms with E-state index in [9.17, 15) is 0 Å². The van der Waals surface area contributed by atoms with Gasteiger partial charge in [0.05, 0.1) is 0 Å². The van der Waals surface area contributed by atoms with E-state index < -0.39 is 0 Å². The van der Waals surface area contributed by atoms with Crippen LogP contribution >= 0.6 is 0 Å². The van der Waals surface area contributed by atoms with E-state index in [0.29, 0.717) is 12.0 Å². The Morgan fingerprint density at radius 3 is 2.90 bits per heavy atom. The van der Waals surface area contributed by atoms with Gasteiger partial charge in [0.1, 0.15) is 11.5 Å². The van der Waals surface area contributed by atoms with Crippen LogP contribution in [-0.4, -0.2) is 11.0 Å². The molecule has 0 radical (unpaired) electrons. The quantitative estimate of drug-likeness (QED) is 0.860. The number of aromatic nitrogens is 1. The largest absolute Gasteiger partial charge is 0.457 e. The summed E-state index contributed by atoms with van der Waals surface area (Å²) in [6.45, 7) is 5.20. The van der Waals surface area contributed by atoms with E-state index in [1.54, 1.807) is 6.20 Å². The summed E-state index contributed by atoms with van der Waals surface area (Å²) in [5, 5.41) is 3.51. The fourth-order valence-corrected chi connectivity index (χ4v) is 2.25. The fourth-order valence-electron chi connectivity index (χ4n) is 2.25. The van der Waals surface area contributed by atoms with Crippen LogP contribution in [-0.2, 0) is 6.54 Å². The lowest BCUT2D eigenvalue weighted by molar-refractivity contribution is 0.470. The van der Waals surface area contributed by atoms with Crippen LogP contribution < -0.4 is 10.1 Å². The van der Waals surface area contributed by atoms with Gasteiger partial charge in [-0.1, -0.05) is 26.0 Å². The Morgan fingerprint density at radius 2 is 2.14 bits per heavy atom. The normalized spacial score (nSPS) is 14.4. The molecule has 1 aliphatic carbocycles. The average molecular weight is 282 g/mol. The number of nitrogens with zero attached hydrogens (tertiary/aromatic N) is 1. The first-order valence-electron chi connectivity index (χ1n) is 7.66. The summed E-state index contributed by atoms with van der Waals surface area (Å²) in [5.74, 6) is 2.28. The summed E-state index contributed by atoms with van der Waals surface area (Å²) >= 11 is 0.